The van der Waals surface area contributed by atoms with E-state index in [2.05, 4.69) is 13.8 Å². The average Bonchev–Trinajstić information content (AvgIpc) is 2.34. The number of cyclic esters (lactones) is 1. The van der Waals surface area contributed by atoms with Crippen LogP contribution in [0.2, 0.25) is 0 Å². The van der Waals surface area contributed by atoms with Crippen molar-refractivity contribution in [3.63, 3.8) is 0 Å². The van der Waals surface area contributed by atoms with Crippen LogP contribution in [0.1, 0.15) is 40.0 Å². The van der Waals surface area contributed by atoms with Crippen LogP contribution in [0.3, 0.4) is 0 Å². The summed E-state index contributed by atoms with van der Waals surface area (Å²) in [5.41, 5.74) is -0.198. The smallest absolute Gasteiger partial charge is 0.312 e. The summed E-state index contributed by atoms with van der Waals surface area (Å²) in [4.78, 5) is 11.4. The van der Waals surface area contributed by atoms with Crippen LogP contribution < -0.4 is 0 Å². The molecule has 0 aromatic heterocycles. The normalized spacial score (nSPS) is 35.2. The lowest BCUT2D eigenvalue weighted by atomic mass is 9.75. The lowest BCUT2D eigenvalue weighted by Gasteiger charge is -2.24. The number of carbonyl (C=O) groups excluding carboxylic acids is 1. The van der Waals surface area contributed by atoms with Gasteiger partial charge in [-0.25, -0.2) is 0 Å². The first kappa shape index (κ1) is 9.56. The van der Waals surface area contributed by atoms with E-state index in [-0.39, 0.29) is 11.4 Å². The van der Waals surface area contributed by atoms with Gasteiger partial charge < -0.3 is 4.74 Å². The fourth-order valence-electron chi connectivity index (χ4n) is 1.88. The summed E-state index contributed by atoms with van der Waals surface area (Å²) >= 11 is 0. The minimum absolute atomic E-state index is 0.00319. The van der Waals surface area contributed by atoms with Crippen LogP contribution in [-0.2, 0) is 9.53 Å². The van der Waals surface area contributed by atoms with E-state index in [0.29, 0.717) is 12.5 Å². The average molecular weight is 170 g/mol. The van der Waals surface area contributed by atoms with Gasteiger partial charge in [0.15, 0.2) is 0 Å². The van der Waals surface area contributed by atoms with Gasteiger partial charge in [-0.15, -0.1) is 0 Å². The molecule has 2 heteroatoms. The Kier molecular flexibility index (Phi) is 2.76. The molecule has 0 amide bonds. The monoisotopic (exact) mass is 170 g/mol. The van der Waals surface area contributed by atoms with Crippen molar-refractivity contribution in [2.24, 2.45) is 11.3 Å². The number of rotatable bonds is 3. The van der Waals surface area contributed by atoms with Crippen LogP contribution in [0.4, 0.5) is 0 Å². The summed E-state index contributed by atoms with van der Waals surface area (Å²) in [5, 5.41) is 0. The van der Waals surface area contributed by atoms with Gasteiger partial charge in [-0.05, 0) is 19.8 Å². The Labute approximate surface area is 74.3 Å². The van der Waals surface area contributed by atoms with Gasteiger partial charge in [-0.3, -0.25) is 4.79 Å². The molecule has 1 fully saturated rings. The Morgan fingerprint density at radius 2 is 2.25 bits per heavy atom. The predicted molar refractivity (Wildman–Crippen MR) is 47.8 cm³/mol. The first-order valence-corrected chi connectivity index (χ1v) is 4.82. The van der Waals surface area contributed by atoms with Crippen LogP contribution >= 0.6 is 0 Å². The van der Waals surface area contributed by atoms with Crippen LogP contribution in [0.15, 0.2) is 0 Å². The Balaban J connectivity index is 2.70. The molecule has 0 bridgehead atoms. The second kappa shape index (κ2) is 3.46. The van der Waals surface area contributed by atoms with Gasteiger partial charge in [0.2, 0.25) is 0 Å². The molecule has 0 aliphatic carbocycles. The molecule has 0 aromatic carbocycles. The van der Waals surface area contributed by atoms with Gasteiger partial charge in [0, 0.05) is 5.92 Å². The fourth-order valence-corrected chi connectivity index (χ4v) is 1.88. The van der Waals surface area contributed by atoms with Gasteiger partial charge in [-0.1, -0.05) is 20.3 Å². The highest BCUT2D eigenvalue weighted by atomic mass is 16.5. The molecule has 1 saturated heterocycles. The van der Waals surface area contributed by atoms with Crippen LogP contribution in [-0.4, -0.2) is 12.6 Å². The molecular weight excluding hydrogens is 152 g/mol. The van der Waals surface area contributed by atoms with Crippen molar-refractivity contribution in [2.45, 2.75) is 40.0 Å². The van der Waals surface area contributed by atoms with Crippen molar-refractivity contribution in [2.75, 3.05) is 6.61 Å². The van der Waals surface area contributed by atoms with E-state index in [4.69, 9.17) is 4.74 Å². The van der Waals surface area contributed by atoms with E-state index in [1.165, 1.54) is 0 Å². The van der Waals surface area contributed by atoms with E-state index in [9.17, 15) is 4.79 Å². The molecular formula is C10H18O2. The molecule has 70 valence electrons. The molecule has 0 aromatic rings. The van der Waals surface area contributed by atoms with Gasteiger partial charge in [0.25, 0.3) is 0 Å². The van der Waals surface area contributed by atoms with E-state index in [1.54, 1.807) is 0 Å². The maximum absolute atomic E-state index is 11.4. The van der Waals surface area contributed by atoms with Crippen LogP contribution in [0.5, 0.6) is 0 Å². The SMILES string of the molecule is CCCC1COC(=O)C1(C)CC. The Morgan fingerprint density at radius 1 is 1.58 bits per heavy atom. The van der Waals surface area contributed by atoms with Crippen LogP contribution in [0, 0.1) is 11.3 Å². The first-order valence-electron chi connectivity index (χ1n) is 4.82. The van der Waals surface area contributed by atoms with Crippen LogP contribution in [0.25, 0.3) is 0 Å². The molecule has 0 radical (unpaired) electrons. The number of carbonyl (C=O) groups is 1. The van der Waals surface area contributed by atoms with Crippen molar-refractivity contribution in [1.82, 2.24) is 0 Å². The minimum atomic E-state index is -0.198. The standard InChI is InChI=1S/C10H18O2/c1-4-6-8-7-12-9(11)10(8,3)5-2/h8H,4-7H2,1-3H3. The molecule has 2 unspecified atom stereocenters. The van der Waals surface area contributed by atoms with E-state index in [0.717, 1.165) is 19.3 Å². The molecule has 0 spiro atoms. The first-order chi connectivity index (χ1) is 5.65. The summed E-state index contributed by atoms with van der Waals surface area (Å²) in [7, 11) is 0. The molecule has 0 saturated carbocycles. The topological polar surface area (TPSA) is 26.3 Å². The van der Waals surface area contributed by atoms with Crippen molar-refractivity contribution in [3.8, 4) is 0 Å². The van der Waals surface area contributed by atoms with E-state index in [1.807, 2.05) is 6.92 Å². The van der Waals surface area contributed by atoms with E-state index < -0.39 is 0 Å². The van der Waals surface area contributed by atoms with Crippen molar-refractivity contribution < 1.29 is 9.53 Å². The maximum Gasteiger partial charge on any atom is 0.312 e. The molecule has 1 aliphatic heterocycles. The van der Waals surface area contributed by atoms with Crippen molar-refractivity contribution in [1.29, 1.82) is 0 Å². The summed E-state index contributed by atoms with van der Waals surface area (Å²) in [6, 6.07) is 0. The lowest BCUT2D eigenvalue weighted by Crippen LogP contribution is -2.28. The zero-order chi connectivity index (χ0) is 9.19. The summed E-state index contributed by atoms with van der Waals surface area (Å²) in [6.45, 7) is 6.88. The van der Waals surface area contributed by atoms with Gasteiger partial charge in [-0.2, -0.15) is 0 Å². The zero-order valence-corrected chi connectivity index (χ0v) is 8.22. The second-order valence-electron chi connectivity index (χ2n) is 3.86. The van der Waals surface area contributed by atoms with Gasteiger partial charge in [0.05, 0.1) is 12.0 Å². The fraction of sp³-hybridized carbons (Fsp3) is 0.900. The summed E-state index contributed by atoms with van der Waals surface area (Å²) in [6.07, 6.45) is 3.14. The molecule has 1 heterocycles. The highest BCUT2D eigenvalue weighted by Gasteiger charge is 2.46. The molecule has 1 aliphatic rings. The minimum Gasteiger partial charge on any atom is -0.465 e. The number of esters is 1. The zero-order valence-electron chi connectivity index (χ0n) is 8.22. The number of ether oxygens (including phenoxy) is 1. The largest absolute Gasteiger partial charge is 0.465 e. The lowest BCUT2D eigenvalue weighted by molar-refractivity contribution is -0.146. The number of hydrogen-bond acceptors (Lipinski definition) is 2. The van der Waals surface area contributed by atoms with Crippen molar-refractivity contribution >= 4 is 5.97 Å². The number of hydrogen-bond donors (Lipinski definition) is 0. The highest BCUT2D eigenvalue weighted by molar-refractivity contribution is 5.78. The third-order valence-electron chi connectivity index (χ3n) is 3.15. The maximum atomic E-state index is 11.4. The molecule has 1 rings (SSSR count). The third kappa shape index (κ3) is 1.35. The van der Waals surface area contributed by atoms with Gasteiger partial charge in [0.1, 0.15) is 0 Å². The Hall–Kier alpha value is -0.530. The van der Waals surface area contributed by atoms with Gasteiger partial charge >= 0.3 is 5.97 Å². The molecule has 12 heavy (non-hydrogen) atoms. The highest BCUT2D eigenvalue weighted by Crippen LogP contribution is 2.40. The molecule has 2 nitrogen and oxygen atoms in total. The van der Waals surface area contributed by atoms with Crippen molar-refractivity contribution in [3.05, 3.63) is 0 Å². The Bertz CT molecular complexity index is 177. The predicted octanol–water partition coefficient (Wildman–Crippen LogP) is 2.38. The quantitative estimate of drug-likeness (QED) is 0.608. The summed E-state index contributed by atoms with van der Waals surface area (Å²) in [5.74, 6) is 0.448. The second-order valence-corrected chi connectivity index (χ2v) is 3.86. The molecule has 0 N–H and O–H groups in total. The third-order valence-corrected chi connectivity index (χ3v) is 3.15. The van der Waals surface area contributed by atoms with E-state index >= 15 is 0 Å². The summed E-state index contributed by atoms with van der Waals surface area (Å²) < 4.78 is 5.09. The Morgan fingerprint density at radius 3 is 2.75 bits per heavy atom. The molecule has 2 atom stereocenters.